The predicted molar refractivity (Wildman–Crippen MR) is 98.9 cm³/mol. The lowest BCUT2D eigenvalue weighted by Crippen LogP contribution is -2.21. The summed E-state index contributed by atoms with van der Waals surface area (Å²) < 4.78 is 10.3. The molecule has 0 atom stereocenters. The smallest absolute Gasteiger partial charge is 0.306 e. The average molecular weight is 393 g/mol. The number of ether oxygens (including phenoxy) is 2. The number of nitrogens with zero attached hydrogens (tertiary/aromatic N) is 1. The first-order valence-corrected chi connectivity index (χ1v) is 8.41. The number of benzene rings is 2. The number of nitrogens with one attached hydrogen (secondary N) is 1. The van der Waals surface area contributed by atoms with Crippen LogP contribution in [-0.2, 0) is 14.3 Å². The van der Waals surface area contributed by atoms with E-state index in [4.69, 9.17) is 21.1 Å². The summed E-state index contributed by atoms with van der Waals surface area (Å²) in [5.41, 5.74) is -0.373. The zero-order valence-electron chi connectivity index (χ0n) is 14.2. The Bertz CT molecular complexity index is 813. The Morgan fingerprint density at radius 1 is 1.15 bits per heavy atom. The summed E-state index contributed by atoms with van der Waals surface area (Å²) in [6.45, 7) is -0.220. The molecule has 0 radical (unpaired) electrons. The van der Waals surface area contributed by atoms with Gasteiger partial charge < -0.3 is 14.8 Å². The van der Waals surface area contributed by atoms with Crippen LogP contribution in [0.2, 0.25) is 5.02 Å². The number of carbonyl (C=O) groups excluding carboxylic acids is 2. The van der Waals surface area contributed by atoms with Crippen molar-refractivity contribution in [3.8, 4) is 5.75 Å². The molecule has 1 N–H and O–H groups in total. The second kappa shape index (κ2) is 10.1. The number of esters is 1. The third-order valence-electron chi connectivity index (χ3n) is 3.33. The van der Waals surface area contributed by atoms with Crippen LogP contribution in [0.25, 0.3) is 0 Å². The quantitative estimate of drug-likeness (QED) is 0.302. The topological polar surface area (TPSA) is 108 Å². The van der Waals surface area contributed by atoms with Gasteiger partial charge in [0.25, 0.3) is 11.6 Å². The monoisotopic (exact) mass is 392 g/mol. The standard InChI is InChI=1S/C18H17ClN2O6/c19-13-8-9-16(21(24)25)15(11-13)20-17(22)12-27-18(23)7-4-10-26-14-5-2-1-3-6-14/h1-3,5-6,8-9,11H,4,7,10,12H2,(H,20,22). The maximum absolute atomic E-state index is 11.8. The molecule has 0 unspecified atom stereocenters. The van der Waals surface area contributed by atoms with Crippen LogP contribution in [0.3, 0.4) is 0 Å². The SMILES string of the molecule is O=C(COC(=O)CCCOc1ccccc1)Nc1cc(Cl)ccc1[N+](=O)[O-]. The number of anilines is 1. The van der Waals surface area contributed by atoms with Crippen molar-refractivity contribution in [2.75, 3.05) is 18.5 Å². The number of hydrogen-bond acceptors (Lipinski definition) is 6. The Morgan fingerprint density at radius 2 is 1.89 bits per heavy atom. The van der Waals surface area contributed by atoms with Gasteiger partial charge in [-0.25, -0.2) is 0 Å². The van der Waals surface area contributed by atoms with Crippen molar-refractivity contribution in [1.29, 1.82) is 0 Å². The number of nitro benzene ring substituents is 1. The fourth-order valence-corrected chi connectivity index (χ4v) is 2.27. The van der Waals surface area contributed by atoms with E-state index in [0.29, 0.717) is 18.8 Å². The molecule has 0 aliphatic heterocycles. The van der Waals surface area contributed by atoms with Crippen molar-refractivity contribution >= 4 is 34.9 Å². The van der Waals surface area contributed by atoms with Crippen LogP contribution in [-0.4, -0.2) is 30.0 Å². The minimum absolute atomic E-state index is 0.0650. The van der Waals surface area contributed by atoms with Crippen LogP contribution < -0.4 is 10.1 Å². The number of carbonyl (C=O) groups is 2. The third-order valence-corrected chi connectivity index (χ3v) is 3.57. The van der Waals surface area contributed by atoms with Gasteiger partial charge in [-0.3, -0.25) is 19.7 Å². The average Bonchev–Trinajstić information content (AvgIpc) is 2.64. The number of para-hydroxylation sites is 1. The van der Waals surface area contributed by atoms with Gasteiger partial charge in [0.2, 0.25) is 0 Å². The molecule has 142 valence electrons. The molecule has 8 nitrogen and oxygen atoms in total. The molecule has 0 saturated heterocycles. The van der Waals surface area contributed by atoms with Gasteiger partial charge in [0, 0.05) is 17.5 Å². The number of nitro groups is 1. The molecule has 0 heterocycles. The first-order chi connectivity index (χ1) is 13.0. The molecule has 1 amide bonds. The molecule has 0 aliphatic rings. The van der Waals surface area contributed by atoms with E-state index in [2.05, 4.69) is 5.32 Å². The van der Waals surface area contributed by atoms with E-state index in [1.165, 1.54) is 18.2 Å². The number of amides is 1. The van der Waals surface area contributed by atoms with E-state index < -0.39 is 23.4 Å². The van der Waals surface area contributed by atoms with Gasteiger partial charge in [-0.1, -0.05) is 29.8 Å². The van der Waals surface area contributed by atoms with Crippen molar-refractivity contribution in [3.63, 3.8) is 0 Å². The summed E-state index contributed by atoms with van der Waals surface area (Å²) in [7, 11) is 0. The van der Waals surface area contributed by atoms with Gasteiger partial charge in [0.15, 0.2) is 6.61 Å². The molecule has 2 aromatic rings. The fourth-order valence-electron chi connectivity index (χ4n) is 2.10. The van der Waals surface area contributed by atoms with Gasteiger partial charge in [0.05, 0.1) is 11.5 Å². The summed E-state index contributed by atoms with van der Waals surface area (Å²) >= 11 is 5.78. The second-order valence-electron chi connectivity index (χ2n) is 5.39. The second-order valence-corrected chi connectivity index (χ2v) is 5.83. The van der Waals surface area contributed by atoms with Crippen LogP contribution >= 0.6 is 11.6 Å². The fraction of sp³-hybridized carbons (Fsp3) is 0.222. The van der Waals surface area contributed by atoms with E-state index in [1.54, 1.807) is 12.1 Å². The van der Waals surface area contributed by atoms with Crippen molar-refractivity contribution in [3.05, 3.63) is 63.7 Å². The molecule has 27 heavy (non-hydrogen) atoms. The highest BCUT2D eigenvalue weighted by Crippen LogP contribution is 2.27. The van der Waals surface area contributed by atoms with Gasteiger partial charge in [-0.2, -0.15) is 0 Å². The molecule has 9 heteroatoms. The third kappa shape index (κ3) is 6.95. The van der Waals surface area contributed by atoms with Crippen molar-refractivity contribution in [2.45, 2.75) is 12.8 Å². The van der Waals surface area contributed by atoms with Crippen LogP contribution in [0, 0.1) is 10.1 Å². The minimum Gasteiger partial charge on any atom is -0.494 e. The normalized spacial score (nSPS) is 10.1. The lowest BCUT2D eigenvalue weighted by atomic mass is 10.2. The Hall–Kier alpha value is -3.13. The zero-order valence-corrected chi connectivity index (χ0v) is 15.0. The Labute approximate surface area is 160 Å². The number of rotatable bonds is 9. The Kier molecular flexibility index (Phi) is 7.57. The molecule has 2 rings (SSSR count). The molecule has 0 fully saturated rings. The Balaban J connectivity index is 1.71. The van der Waals surface area contributed by atoms with Crippen LogP contribution in [0.4, 0.5) is 11.4 Å². The molecule has 0 aromatic heterocycles. The largest absolute Gasteiger partial charge is 0.494 e. The van der Waals surface area contributed by atoms with Crippen molar-refractivity contribution in [1.82, 2.24) is 0 Å². The lowest BCUT2D eigenvalue weighted by Gasteiger charge is -2.08. The highest BCUT2D eigenvalue weighted by molar-refractivity contribution is 6.31. The van der Waals surface area contributed by atoms with Crippen molar-refractivity contribution in [2.24, 2.45) is 0 Å². The molecule has 2 aromatic carbocycles. The van der Waals surface area contributed by atoms with Crippen molar-refractivity contribution < 1.29 is 24.0 Å². The van der Waals surface area contributed by atoms with Crippen LogP contribution in [0.1, 0.15) is 12.8 Å². The summed E-state index contributed by atoms with van der Waals surface area (Å²) in [6, 6.07) is 12.9. The number of halogens is 1. The maximum Gasteiger partial charge on any atom is 0.306 e. The van der Waals surface area contributed by atoms with E-state index in [-0.39, 0.29) is 22.8 Å². The van der Waals surface area contributed by atoms with Crippen LogP contribution in [0.5, 0.6) is 5.75 Å². The molecular weight excluding hydrogens is 376 g/mol. The van der Waals surface area contributed by atoms with E-state index in [9.17, 15) is 19.7 Å². The van der Waals surface area contributed by atoms with Gasteiger partial charge in [-0.05, 0) is 30.7 Å². The van der Waals surface area contributed by atoms with Crippen LogP contribution in [0.15, 0.2) is 48.5 Å². The van der Waals surface area contributed by atoms with Gasteiger partial charge >= 0.3 is 5.97 Å². The Morgan fingerprint density at radius 3 is 2.59 bits per heavy atom. The lowest BCUT2D eigenvalue weighted by molar-refractivity contribution is -0.383. The minimum atomic E-state index is -0.700. The van der Waals surface area contributed by atoms with E-state index in [0.717, 1.165) is 0 Å². The molecule has 0 aliphatic carbocycles. The molecule has 0 bridgehead atoms. The van der Waals surface area contributed by atoms with E-state index in [1.807, 2.05) is 18.2 Å². The molecular formula is C18H17ClN2O6. The first kappa shape index (κ1) is 20.2. The molecule has 0 saturated carbocycles. The molecule has 0 spiro atoms. The summed E-state index contributed by atoms with van der Waals surface area (Å²) in [5.74, 6) is -0.565. The number of hydrogen-bond donors (Lipinski definition) is 1. The first-order valence-electron chi connectivity index (χ1n) is 8.03. The maximum atomic E-state index is 11.8. The predicted octanol–water partition coefficient (Wildman–Crippen LogP) is 3.59. The van der Waals surface area contributed by atoms with E-state index >= 15 is 0 Å². The summed E-state index contributed by atoms with van der Waals surface area (Å²) in [6.07, 6.45) is 0.506. The summed E-state index contributed by atoms with van der Waals surface area (Å²) in [5, 5.41) is 13.5. The highest BCUT2D eigenvalue weighted by atomic mass is 35.5. The highest BCUT2D eigenvalue weighted by Gasteiger charge is 2.17. The summed E-state index contributed by atoms with van der Waals surface area (Å²) in [4.78, 5) is 33.8. The van der Waals surface area contributed by atoms with Gasteiger partial charge in [-0.15, -0.1) is 0 Å². The van der Waals surface area contributed by atoms with Gasteiger partial charge in [0.1, 0.15) is 11.4 Å². The zero-order chi connectivity index (χ0) is 19.6.